The molecule has 0 saturated carbocycles. The molecule has 0 unspecified atom stereocenters. The third-order valence-corrected chi connectivity index (χ3v) is 3.98. The topological polar surface area (TPSA) is 119 Å². The van der Waals surface area contributed by atoms with Crippen LogP contribution >= 0.6 is 0 Å². The number of ether oxygens (including phenoxy) is 6. The molecular weight excluding hydrogens is 474 g/mol. The Kier molecular flexibility index (Phi) is 14.3. The zero-order valence-electron chi connectivity index (χ0n) is 19.3. The molecule has 0 aliphatic carbocycles. The lowest BCUT2D eigenvalue weighted by Gasteiger charge is -2.24. The average molecular weight is 505 g/mol. The van der Waals surface area contributed by atoms with Crippen molar-refractivity contribution in [1.29, 1.82) is 0 Å². The summed E-state index contributed by atoms with van der Waals surface area (Å²) in [5.74, 6) is -1.22. The van der Waals surface area contributed by atoms with Crippen LogP contribution in [0.1, 0.15) is 27.2 Å². The van der Waals surface area contributed by atoms with E-state index in [1.807, 2.05) is 0 Å². The fourth-order valence-electron chi connectivity index (χ4n) is 1.80. The molecule has 0 spiro atoms. The van der Waals surface area contributed by atoms with E-state index in [1.165, 1.54) is 0 Å². The SMILES string of the molecule is C=CC(=O)OCCNC(=O)OCCOCC(F)(F)OC(F)(F)COCCOC(=O)C(C)(C)CC. The van der Waals surface area contributed by atoms with Gasteiger partial charge in [0, 0.05) is 6.08 Å². The monoisotopic (exact) mass is 505 g/mol. The lowest BCUT2D eigenvalue weighted by atomic mass is 9.91. The van der Waals surface area contributed by atoms with Crippen LogP contribution in [0.2, 0.25) is 0 Å². The first-order valence-corrected chi connectivity index (χ1v) is 10.2. The van der Waals surface area contributed by atoms with E-state index in [1.54, 1.807) is 20.8 Å². The Morgan fingerprint density at radius 2 is 1.38 bits per heavy atom. The number of nitrogens with one attached hydrogen (secondary N) is 1. The predicted octanol–water partition coefficient (Wildman–Crippen LogP) is 2.66. The van der Waals surface area contributed by atoms with Gasteiger partial charge >= 0.3 is 30.2 Å². The van der Waals surface area contributed by atoms with Crippen LogP contribution < -0.4 is 5.32 Å². The molecule has 0 radical (unpaired) electrons. The van der Waals surface area contributed by atoms with Crippen molar-refractivity contribution in [3.8, 4) is 0 Å². The first-order valence-electron chi connectivity index (χ1n) is 10.2. The highest BCUT2D eigenvalue weighted by molar-refractivity contribution is 5.81. The Labute approximate surface area is 194 Å². The van der Waals surface area contributed by atoms with Crippen molar-refractivity contribution < 1.29 is 60.4 Å². The molecule has 0 rings (SSSR count). The zero-order valence-corrected chi connectivity index (χ0v) is 19.3. The molecular formula is C20H31F4NO9. The van der Waals surface area contributed by atoms with Gasteiger partial charge in [0.2, 0.25) is 0 Å². The molecule has 1 N–H and O–H groups in total. The van der Waals surface area contributed by atoms with E-state index in [9.17, 15) is 31.9 Å². The van der Waals surface area contributed by atoms with Crippen LogP contribution in [-0.4, -0.2) is 83.0 Å². The van der Waals surface area contributed by atoms with E-state index in [4.69, 9.17) is 4.74 Å². The second-order valence-corrected chi connectivity index (χ2v) is 7.29. The van der Waals surface area contributed by atoms with Crippen LogP contribution in [0.4, 0.5) is 22.4 Å². The molecule has 10 nitrogen and oxygen atoms in total. The Morgan fingerprint density at radius 1 is 0.853 bits per heavy atom. The smallest absolute Gasteiger partial charge is 0.407 e. The van der Waals surface area contributed by atoms with Crippen molar-refractivity contribution in [2.75, 3.05) is 52.8 Å². The summed E-state index contributed by atoms with van der Waals surface area (Å²) in [6, 6.07) is 0. The summed E-state index contributed by atoms with van der Waals surface area (Å²) in [5.41, 5.74) is -0.744. The predicted molar refractivity (Wildman–Crippen MR) is 108 cm³/mol. The maximum absolute atomic E-state index is 13.5. The molecule has 0 atom stereocenters. The fraction of sp³-hybridized carbons (Fsp3) is 0.750. The Morgan fingerprint density at radius 3 is 1.88 bits per heavy atom. The average Bonchev–Trinajstić information content (AvgIpc) is 2.74. The van der Waals surface area contributed by atoms with Gasteiger partial charge in [-0.05, 0) is 20.3 Å². The second-order valence-electron chi connectivity index (χ2n) is 7.29. The molecule has 0 fully saturated rings. The van der Waals surface area contributed by atoms with Gasteiger partial charge in [-0.2, -0.15) is 17.6 Å². The Hall–Kier alpha value is -2.45. The van der Waals surface area contributed by atoms with E-state index in [2.05, 4.69) is 35.6 Å². The van der Waals surface area contributed by atoms with Crippen molar-refractivity contribution in [3.05, 3.63) is 12.7 Å². The fourth-order valence-corrected chi connectivity index (χ4v) is 1.80. The van der Waals surface area contributed by atoms with Gasteiger partial charge in [-0.25, -0.2) is 9.59 Å². The summed E-state index contributed by atoms with van der Waals surface area (Å²) < 4.78 is 80.7. The zero-order chi connectivity index (χ0) is 26.3. The van der Waals surface area contributed by atoms with Crippen molar-refractivity contribution >= 4 is 18.0 Å². The van der Waals surface area contributed by atoms with E-state index in [0.717, 1.165) is 6.08 Å². The van der Waals surface area contributed by atoms with Gasteiger partial charge in [-0.3, -0.25) is 9.53 Å². The second kappa shape index (κ2) is 15.5. The summed E-state index contributed by atoms with van der Waals surface area (Å²) in [7, 11) is 0. The van der Waals surface area contributed by atoms with Crippen LogP contribution in [0.25, 0.3) is 0 Å². The lowest BCUT2D eigenvalue weighted by Crippen LogP contribution is -2.40. The van der Waals surface area contributed by atoms with Crippen LogP contribution in [-0.2, 0) is 38.0 Å². The highest BCUT2D eigenvalue weighted by atomic mass is 19.3. The summed E-state index contributed by atoms with van der Waals surface area (Å²) in [5, 5.41) is 2.20. The minimum Gasteiger partial charge on any atom is -0.463 e. The normalized spacial score (nSPS) is 12.1. The van der Waals surface area contributed by atoms with Crippen molar-refractivity contribution in [2.45, 2.75) is 39.4 Å². The summed E-state index contributed by atoms with van der Waals surface area (Å²) in [4.78, 5) is 33.8. The standard InChI is InChI=1S/C20H31F4NO9/c1-5-15(26)31-8-7-25-17(28)33-12-10-30-14-20(23,24)34-19(21,22)13-29-9-11-32-16(27)18(3,4)6-2/h5H,1,6-14H2,2-4H3,(H,25,28). The largest absolute Gasteiger partial charge is 0.463 e. The first-order chi connectivity index (χ1) is 15.7. The van der Waals surface area contributed by atoms with Gasteiger partial charge in [0.25, 0.3) is 0 Å². The third-order valence-electron chi connectivity index (χ3n) is 3.98. The first kappa shape index (κ1) is 31.6. The lowest BCUT2D eigenvalue weighted by molar-refractivity contribution is -0.393. The third kappa shape index (κ3) is 15.4. The quantitative estimate of drug-likeness (QED) is 0.0986. The Bertz CT molecular complexity index is 660. The number of carbonyl (C=O) groups is 3. The molecule has 0 bridgehead atoms. The molecule has 0 aromatic rings. The highest BCUT2D eigenvalue weighted by Gasteiger charge is 2.44. The van der Waals surface area contributed by atoms with Crippen molar-refractivity contribution in [2.24, 2.45) is 5.41 Å². The molecule has 1 amide bonds. The number of carbonyl (C=O) groups excluding carboxylic acids is 3. The van der Waals surface area contributed by atoms with Gasteiger partial charge in [-0.15, -0.1) is 0 Å². The van der Waals surface area contributed by atoms with Gasteiger partial charge in [0.15, 0.2) is 0 Å². The molecule has 0 aromatic heterocycles. The van der Waals surface area contributed by atoms with Crippen LogP contribution in [0.3, 0.4) is 0 Å². The minimum absolute atomic E-state index is 0.0680. The molecule has 198 valence electrons. The molecule has 34 heavy (non-hydrogen) atoms. The van der Waals surface area contributed by atoms with Crippen LogP contribution in [0, 0.1) is 5.41 Å². The molecule has 0 heterocycles. The summed E-state index contributed by atoms with van der Waals surface area (Å²) >= 11 is 0. The molecule has 0 aliphatic rings. The van der Waals surface area contributed by atoms with Crippen molar-refractivity contribution in [3.63, 3.8) is 0 Å². The number of halogens is 4. The number of alkyl carbamates (subject to hydrolysis) is 1. The number of hydrogen-bond acceptors (Lipinski definition) is 9. The molecule has 0 aromatic carbocycles. The number of hydrogen-bond donors (Lipinski definition) is 1. The van der Waals surface area contributed by atoms with E-state index in [0.29, 0.717) is 6.42 Å². The molecule has 0 saturated heterocycles. The van der Waals surface area contributed by atoms with E-state index < -0.39 is 68.7 Å². The van der Waals surface area contributed by atoms with E-state index in [-0.39, 0.29) is 19.8 Å². The van der Waals surface area contributed by atoms with Gasteiger partial charge in [-0.1, -0.05) is 13.5 Å². The summed E-state index contributed by atoms with van der Waals surface area (Å²) in [6.07, 6.45) is -8.20. The number of rotatable bonds is 18. The van der Waals surface area contributed by atoms with Crippen molar-refractivity contribution in [1.82, 2.24) is 5.32 Å². The highest BCUT2D eigenvalue weighted by Crippen LogP contribution is 2.27. The maximum Gasteiger partial charge on any atom is 0.407 e. The molecule has 14 heteroatoms. The van der Waals surface area contributed by atoms with Crippen LogP contribution in [0.5, 0.6) is 0 Å². The minimum atomic E-state index is -4.36. The number of amides is 1. The van der Waals surface area contributed by atoms with Gasteiger partial charge < -0.3 is 29.0 Å². The van der Waals surface area contributed by atoms with Crippen LogP contribution in [0.15, 0.2) is 12.7 Å². The molecule has 0 aliphatic heterocycles. The van der Waals surface area contributed by atoms with Gasteiger partial charge in [0.05, 0.1) is 25.2 Å². The number of alkyl halides is 4. The maximum atomic E-state index is 13.5. The van der Waals surface area contributed by atoms with E-state index >= 15 is 0 Å². The number of esters is 2. The Balaban J connectivity index is 4.00. The van der Waals surface area contributed by atoms with Gasteiger partial charge in [0.1, 0.15) is 33.0 Å². The summed E-state index contributed by atoms with van der Waals surface area (Å²) in [6.45, 7) is 3.26.